The molecule has 140 valence electrons. The highest BCUT2D eigenvalue weighted by molar-refractivity contribution is 7.89. The molecule has 1 saturated heterocycles. The average Bonchev–Trinajstić information content (AvgIpc) is 3.09. The maximum atomic E-state index is 13.5. The minimum Gasteiger partial charge on any atom is -0.333 e. The van der Waals surface area contributed by atoms with E-state index < -0.39 is 10.0 Å². The molecule has 1 amide bonds. The molecule has 1 aromatic carbocycles. The quantitative estimate of drug-likeness (QED) is 0.771. The predicted molar refractivity (Wildman–Crippen MR) is 91.9 cm³/mol. The third-order valence-corrected chi connectivity index (χ3v) is 5.16. The van der Waals surface area contributed by atoms with Crippen LogP contribution >= 0.6 is 0 Å². The van der Waals surface area contributed by atoms with E-state index >= 15 is 0 Å². The van der Waals surface area contributed by atoms with Gasteiger partial charge in [0.05, 0.1) is 12.2 Å². The summed E-state index contributed by atoms with van der Waals surface area (Å²) >= 11 is 0. The van der Waals surface area contributed by atoms with Crippen LogP contribution in [0.3, 0.4) is 0 Å². The van der Waals surface area contributed by atoms with E-state index in [2.05, 4.69) is 10.4 Å². The topological polar surface area (TPSA) is 110 Å². The normalized spacial score (nSPS) is 18.1. The van der Waals surface area contributed by atoms with Crippen molar-refractivity contribution in [3.63, 3.8) is 0 Å². The second-order valence-corrected chi connectivity index (χ2v) is 7.66. The Bertz CT molecular complexity index is 899. The summed E-state index contributed by atoms with van der Waals surface area (Å²) in [4.78, 5) is 14.3. The van der Waals surface area contributed by atoms with Crippen LogP contribution in [0, 0.1) is 5.82 Å². The Hall–Kier alpha value is -2.30. The highest BCUT2D eigenvalue weighted by atomic mass is 32.2. The van der Waals surface area contributed by atoms with Crippen molar-refractivity contribution in [1.82, 2.24) is 20.0 Å². The lowest BCUT2D eigenvalue weighted by atomic mass is 10.0. The first kappa shape index (κ1) is 18.5. The Kier molecular flexibility index (Phi) is 5.35. The van der Waals surface area contributed by atoms with E-state index in [-0.39, 0.29) is 35.6 Å². The zero-order valence-corrected chi connectivity index (χ0v) is 14.8. The summed E-state index contributed by atoms with van der Waals surface area (Å²) in [5.74, 6) is -0.444. The number of primary sulfonamides is 1. The number of hydrogen-bond donors (Lipinski definition) is 2. The van der Waals surface area contributed by atoms with Gasteiger partial charge in [0, 0.05) is 38.8 Å². The fourth-order valence-corrected chi connectivity index (χ4v) is 3.44. The maximum absolute atomic E-state index is 13.5. The van der Waals surface area contributed by atoms with Gasteiger partial charge in [0.25, 0.3) is 0 Å². The molecule has 2 heterocycles. The molecule has 0 bridgehead atoms. The minimum absolute atomic E-state index is 0.0928. The number of carbonyl (C=O) groups excluding carboxylic acids is 1. The van der Waals surface area contributed by atoms with Gasteiger partial charge >= 0.3 is 0 Å². The van der Waals surface area contributed by atoms with Crippen molar-refractivity contribution in [1.29, 1.82) is 0 Å². The molecule has 10 heteroatoms. The van der Waals surface area contributed by atoms with Crippen molar-refractivity contribution in [3.8, 4) is 0 Å². The van der Waals surface area contributed by atoms with Crippen LogP contribution < -0.4 is 10.5 Å². The summed E-state index contributed by atoms with van der Waals surface area (Å²) in [6, 6.07) is 5.98. The summed E-state index contributed by atoms with van der Waals surface area (Å²) < 4.78 is 37.4. The molecule has 1 fully saturated rings. The molecular weight excluding hydrogens is 361 g/mol. The summed E-state index contributed by atoms with van der Waals surface area (Å²) in [6.07, 6.45) is 2.60. The summed E-state index contributed by atoms with van der Waals surface area (Å²) in [7, 11) is -3.81. The zero-order valence-electron chi connectivity index (χ0n) is 14.0. The summed E-state index contributed by atoms with van der Waals surface area (Å²) in [5.41, 5.74) is 0.737. The zero-order chi connectivity index (χ0) is 18.7. The van der Waals surface area contributed by atoms with Gasteiger partial charge in [0.1, 0.15) is 10.7 Å². The fourth-order valence-electron chi connectivity index (χ4n) is 2.98. The summed E-state index contributed by atoms with van der Waals surface area (Å²) in [5, 5.41) is 12.2. The van der Waals surface area contributed by atoms with Gasteiger partial charge in [-0.25, -0.2) is 17.9 Å². The number of aromatic nitrogens is 2. The largest absolute Gasteiger partial charge is 0.333 e. The average molecular weight is 381 g/mol. The number of sulfonamides is 1. The fraction of sp³-hybridized carbons (Fsp3) is 0.375. The lowest BCUT2D eigenvalue weighted by Gasteiger charge is -2.36. The number of benzene rings is 1. The van der Waals surface area contributed by atoms with Gasteiger partial charge in [-0.3, -0.25) is 9.48 Å². The van der Waals surface area contributed by atoms with E-state index in [1.165, 1.54) is 23.0 Å². The van der Waals surface area contributed by atoms with E-state index in [1.807, 2.05) is 0 Å². The molecule has 26 heavy (non-hydrogen) atoms. The molecular formula is C16H20FN5O3S. The second kappa shape index (κ2) is 7.52. The molecule has 3 N–H and O–H groups in total. The first-order chi connectivity index (χ1) is 12.3. The van der Waals surface area contributed by atoms with Crippen LogP contribution in [0.15, 0.2) is 41.6 Å². The number of hydrogen-bond acceptors (Lipinski definition) is 5. The molecule has 1 atom stereocenters. The molecule has 0 radical (unpaired) electrons. The maximum Gasteiger partial charge on any atom is 0.241 e. The third kappa shape index (κ3) is 4.26. The molecule has 1 unspecified atom stereocenters. The Labute approximate surface area is 150 Å². The number of nitrogens with two attached hydrogens (primary N) is 1. The smallest absolute Gasteiger partial charge is 0.241 e. The van der Waals surface area contributed by atoms with Gasteiger partial charge in [-0.15, -0.1) is 0 Å². The first-order valence-electron chi connectivity index (χ1n) is 8.15. The minimum atomic E-state index is -3.81. The molecule has 1 aromatic heterocycles. The third-order valence-electron chi connectivity index (χ3n) is 4.29. The van der Waals surface area contributed by atoms with Gasteiger partial charge in [0.2, 0.25) is 15.9 Å². The molecule has 8 nitrogen and oxygen atoms in total. The van der Waals surface area contributed by atoms with Gasteiger partial charge in [-0.05, 0) is 17.7 Å². The number of amides is 1. The lowest BCUT2D eigenvalue weighted by molar-refractivity contribution is -0.134. The van der Waals surface area contributed by atoms with E-state index in [4.69, 9.17) is 5.14 Å². The molecule has 0 saturated carbocycles. The number of aryl methyl sites for hydroxylation is 1. The van der Waals surface area contributed by atoms with Gasteiger partial charge in [0.15, 0.2) is 0 Å². The Balaban J connectivity index is 1.68. The summed E-state index contributed by atoms with van der Waals surface area (Å²) in [6.45, 7) is 1.96. The van der Waals surface area contributed by atoms with Gasteiger partial charge in [-0.1, -0.05) is 12.1 Å². The van der Waals surface area contributed by atoms with Crippen molar-refractivity contribution in [2.45, 2.75) is 23.9 Å². The van der Waals surface area contributed by atoms with Crippen molar-refractivity contribution in [2.75, 3.05) is 19.6 Å². The standard InChI is InChI=1S/C16H20FN5O3S/c17-13-3-1-2-12(8-13)15-10-19-5-7-22(15)16(23)4-6-21-11-14(9-20-21)26(18,24)25/h1-3,8-9,11,15,19H,4-7,10H2,(H2,18,24,25). The molecule has 3 rings (SSSR count). The Morgan fingerprint density at radius 1 is 1.42 bits per heavy atom. The number of halogens is 1. The van der Waals surface area contributed by atoms with Crippen LogP contribution in [0.25, 0.3) is 0 Å². The van der Waals surface area contributed by atoms with Gasteiger partial charge < -0.3 is 10.2 Å². The first-order valence-corrected chi connectivity index (χ1v) is 9.70. The monoisotopic (exact) mass is 381 g/mol. The highest BCUT2D eigenvalue weighted by Crippen LogP contribution is 2.23. The van der Waals surface area contributed by atoms with Crippen LogP contribution in [0.1, 0.15) is 18.0 Å². The van der Waals surface area contributed by atoms with Crippen molar-refractivity contribution in [2.24, 2.45) is 5.14 Å². The molecule has 2 aromatic rings. The van der Waals surface area contributed by atoms with Gasteiger partial charge in [-0.2, -0.15) is 5.10 Å². The molecule has 1 aliphatic heterocycles. The van der Waals surface area contributed by atoms with Crippen molar-refractivity contribution in [3.05, 3.63) is 48.0 Å². The number of carbonyl (C=O) groups is 1. The number of nitrogens with one attached hydrogen (secondary N) is 1. The van der Waals surface area contributed by atoms with Crippen molar-refractivity contribution < 1.29 is 17.6 Å². The lowest BCUT2D eigenvalue weighted by Crippen LogP contribution is -2.48. The highest BCUT2D eigenvalue weighted by Gasteiger charge is 2.27. The molecule has 0 spiro atoms. The number of rotatable bonds is 5. The number of nitrogens with zero attached hydrogens (tertiary/aromatic N) is 3. The van der Waals surface area contributed by atoms with E-state index in [1.54, 1.807) is 17.0 Å². The molecule has 0 aliphatic carbocycles. The predicted octanol–water partition coefficient (Wildman–Crippen LogP) is 0.233. The van der Waals surface area contributed by atoms with Crippen molar-refractivity contribution >= 4 is 15.9 Å². The molecule has 1 aliphatic rings. The number of piperazine rings is 1. The van der Waals surface area contributed by atoms with Crippen LogP contribution in [-0.4, -0.2) is 48.6 Å². The van der Waals surface area contributed by atoms with E-state index in [0.717, 1.165) is 11.8 Å². The van der Waals surface area contributed by atoms with Crippen LogP contribution in [0.2, 0.25) is 0 Å². The van der Waals surface area contributed by atoms with Crippen LogP contribution in [-0.2, 0) is 21.4 Å². The van der Waals surface area contributed by atoms with Crippen LogP contribution in [0.5, 0.6) is 0 Å². The van der Waals surface area contributed by atoms with Crippen LogP contribution in [0.4, 0.5) is 4.39 Å². The SMILES string of the molecule is NS(=O)(=O)c1cnn(CCC(=O)N2CCNCC2c2cccc(F)c2)c1. The van der Waals surface area contributed by atoms with E-state index in [0.29, 0.717) is 19.6 Å². The Morgan fingerprint density at radius 3 is 2.92 bits per heavy atom. The Morgan fingerprint density at radius 2 is 2.23 bits per heavy atom. The van der Waals surface area contributed by atoms with E-state index in [9.17, 15) is 17.6 Å². The second-order valence-electron chi connectivity index (χ2n) is 6.10.